The van der Waals surface area contributed by atoms with Crippen LogP contribution in [-0.2, 0) is 16.1 Å². The molecule has 0 saturated heterocycles. The smallest absolute Gasteiger partial charge is 0.162 e. The number of benzene rings is 2. The van der Waals surface area contributed by atoms with Crippen LogP contribution in [0.15, 0.2) is 59.1 Å². The summed E-state index contributed by atoms with van der Waals surface area (Å²) in [6.07, 6.45) is 0.966. The van der Waals surface area contributed by atoms with E-state index in [4.69, 9.17) is 38.4 Å². The van der Waals surface area contributed by atoms with Crippen LogP contribution in [-0.4, -0.2) is 30.9 Å². The number of hydrogen-bond acceptors (Lipinski definition) is 6. The van der Waals surface area contributed by atoms with Gasteiger partial charge in [-0.05, 0) is 47.2 Å². The Hall–Kier alpha value is -3.05. The largest absolute Gasteiger partial charge is 0.486 e. The highest BCUT2D eigenvalue weighted by molar-refractivity contribution is 6.37. The van der Waals surface area contributed by atoms with Gasteiger partial charge in [-0.1, -0.05) is 49.2 Å². The van der Waals surface area contributed by atoms with E-state index in [1.54, 1.807) is 31.4 Å². The third-order valence-corrected chi connectivity index (χ3v) is 7.22. The van der Waals surface area contributed by atoms with Gasteiger partial charge in [-0.3, -0.25) is 4.79 Å². The molecule has 0 radical (unpaired) electrons. The molecule has 2 aliphatic rings. The highest BCUT2D eigenvalue weighted by atomic mass is 35.5. The second-order valence-corrected chi connectivity index (χ2v) is 10.8. The molecule has 0 fully saturated rings. The maximum Gasteiger partial charge on any atom is 0.162 e. The maximum atomic E-state index is 13.5. The summed E-state index contributed by atoms with van der Waals surface area (Å²) in [5.41, 5.74) is 9.19. The van der Waals surface area contributed by atoms with Gasteiger partial charge in [0, 0.05) is 31.3 Å². The summed E-state index contributed by atoms with van der Waals surface area (Å²) in [6.45, 7) is 5.02. The Morgan fingerprint density at radius 1 is 1.19 bits per heavy atom. The van der Waals surface area contributed by atoms with Crippen LogP contribution in [0, 0.1) is 22.6 Å². The van der Waals surface area contributed by atoms with Gasteiger partial charge < -0.3 is 20.1 Å². The Labute approximate surface area is 226 Å². The van der Waals surface area contributed by atoms with Gasteiger partial charge in [-0.15, -0.1) is 0 Å². The quantitative estimate of drug-likeness (QED) is 0.454. The Balaban J connectivity index is 1.76. The fourth-order valence-corrected chi connectivity index (χ4v) is 5.58. The summed E-state index contributed by atoms with van der Waals surface area (Å²) in [7, 11) is 1.59. The molecule has 194 valence electrons. The van der Waals surface area contributed by atoms with Crippen LogP contribution in [0.25, 0.3) is 0 Å². The average molecular weight is 544 g/mol. The van der Waals surface area contributed by atoms with Crippen molar-refractivity contribution in [3.05, 3.63) is 86.1 Å². The molecule has 0 amide bonds. The Bertz CT molecular complexity index is 1310. The van der Waals surface area contributed by atoms with E-state index in [-0.39, 0.29) is 50.8 Å². The van der Waals surface area contributed by atoms with E-state index in [0.717, 1.165) is 11.3 Å². The topological polar surface area (TPSA) is 88.6 Å². The van der Waals surface area contributed by atoms with E-state index in [0.29, 0.717) is 37.1 Å². The van der Waals surface area contributed by atoms with Crippen LogP contribution in [0.5, 0.6) is 5.75 Å². The summed E-state index contributed by atoms with van der Waals surface area (Å²) in [4.78, 5) is 15.4. The summed E-state index contributed by atoms with van der Waals surface area (Å²) >= 11 is 13.2. The molecule has 37 heavy (non-hydrogen) atoms. The SMILES string of the molecule is COCCN1C(N)=C(C#N)[C@H](c2cc(Cl)c(OCc3ccc(F)cc3)c(Cl)c2)C2=C1CC(C)(C)CC2=O. The molecular formula is C28H28Cl2FN3O3. The third-order valence-electron chi connectivity index (χ3n) is 6.66. The molecule has 1 aliphatic heterocycles. The monoisotopic (exact) mass is 543 g/mol. The van der Waals surface area contributed by atoms with Gasteiger partial charge in [-0.25, -0.2) is 4.39 Å². The highest BCUT2D eigenvalue weighted by Crippen LogP contribution is 2.50. The first kappa shape index (κ1) is 27.0. The van der Waals surface area contributed by atoms with Crippen LogP contribution >= 0.6 is 23.2 Å². The van der Waals surface area contributed by atoms with Crippen molar-refractivity contribution in [3.8, 4) is 11.8 Å². The molecule has 1 aliphatic carbocycles. The number of carbonyl (C=O) groups excluding carboxylic acids is 1. The second kappa shape index (κ2) is 10.7. The molecule has 2 aromatic rings. The highest BCUT2D eigenvalue weighted by Gasteiger charge is 2.44. The first-order chi connectivity index (χ1) is 17.6. The predicted molar refractivity (Wildman–Crippen MR) is 140 cm³/mol. The first-order valence-corrected chi connectivity index (χ1v) is 12.6. The zero-order chi connectivity index (χ0) is 26.9. The summed E-state index contributed by atoms with van der Waals surface area (Å²) in [6, 6.07) is 11.5. The number of carbonyl (C=O) groups is 1. The molecule has 0 saturated carbocycles. The van der Waals surface area contributed by atoms with Gasteiger partial charge in [0.15, 0.2) is 11.5 Å². The second-order valence-electron chi connectivity index (χ2n) is 10.0. The molecule has 0 unspecified atom stereocenters. The number of ether oxygens (including phenoxy) is 2. The van der Waals surface area contributed by atoms with E-state index >= 15 is 0 Å². The molecule has 4 rings (SSSR count). The molecule has 1 atom stereocenters. The number of allylic oxidation sites excluding steroid dienone is 3. The van der Waals surface area contributed by atoms with Crippen LogP contribution in [0.4, 0.5) is 4.39 Å². The van der Waals surface area contributed by atoms with Crippen LogP contribution < -0.4 is 10.5 Å². The number of nitrogens with two attached hydrogens (primary N) is 1. The van der Waals surface area contributed by atoms with Gasteiger partial charge in [-0.2, -0.15) is 5.26 Å². The van der Waals surface area contributed by atoms with Crippen molar-refractivity contribution in [2.75, 3.05) is 20.3 Å². The Morgan fingerprint density at radius 3 is 2.43 bits per heavy atom. The minimum absolute atomic E-state index is 0.0391. The van der Waals surface area contributed by atoms with Crippen LogP contribution in [0.1, 0.15) is 43.7 Å². The molecule has 0 bridgehead atoms. The maximum absolute atomic E-state index is 13.5. The summed E-state index contributed by atoms with van der Waals surface area (Å²) < 4.78 is 24.3. The zero-order valence-corrected chi connectivity index (χ0v) is 22.4. The standard InChI is InChI=1S/C28H28Cl2FN3O3/c1-28(2)12-22-25(23(35)13-28)24(19(14-32)27(33)34(22)8-9-36-3)17-10-20(29)26(21(30)11-17)37-15-16-4-6-18(31)7-5-16/h4-7,10-11,24H,8-9,12-13,15,33H2,1-3H3/t24-/m0/s1. The number of methoxy groups -OCH3 is 1. The number of ketones is 1. The lowest BCUT2D eigenvalue weighted by molar-refractivity contribution is -0.118. The first-order valence-electron chi connectivity index (χ1n) is 11.8. The molecule has 2 N–H and O–H groups in total. The van der Waals surface area contributed by atoms with E-state index in [1.807, 2.05) is 18.7 Å². The number of hydrogen-bond donors (Lipinski definition) is 1. The number of nitrogens with zero attached hydrogens (tertiary/aromatic N) is 2. The normalized spacial score (nSPS) is 19.1. The number of Topliss-reactive ketones (excluding diaryl/α,β-unsaturated/α-hetero) is 1. The van der Waals surface area contributed by atoms with E-state index in [1.165, 1.54) is 12.1 Å². The third kappa shape index (κ3) is 5.47. The molecule has 0 aromatic heterocycles. The Morgan fingerprint density at radius 2 is 1.84 bits per heavy atom. The van der Waals surface area contributed by atoms with Gasteiger partial charge in [0.2, 0.25) is 0 Å². The minimum atomic E-state index is -0.705. The lowest BCUT2D eigenvalue weighted by Crippen LogP contribution is -2.43. The fraction of sp³-hybridized carbons (Fsp3) is 0.357. The predicted octanol–water partition coefficient (Wildman–Crippen LogP) is 6.09. The van der Waals surface area contributed by atoms with E-state index in [9.17, 15) is 14.4 Å². The van der Waals surface area contributed by atoms with Gasteiger partial charge in [0.25, 0.3) is 0 Å². The molecule has 0 spiro atoms. The van der Waals surface area contributed by atoms with Gasteiger partial charge in [0.05, 0.1) is 34.2 Å². The lowest BCUT2D eigenvalue weighted by Gasteiger charge is -2.43. The van der Waals surface area contributed by atoms with Crippen molar-refractivity contribution < 1.29 is 18.7 Å². The molecule has 1 heterocycles. The molecule has 6 nitrogen and oxygen atoms in total. The van der Waals surface area contributed by atoms with Crippen LogP contribution in [0.3, 0.4) is 0 Å². The number of rotatable bonds is 7. The van der Waals surface area contributed by atoms with Crippen LogP contribution in [0.2, 0.25) is 10.0 Å². The van der Waals surface area contributed by atoms with Crippen molar-refractivity contribution in [2.45, 2.75) is 39.2 Å². The number of halogens is 3. The van der Waals surface area contributed by atoms with Crippen molar-refractivity contribution in [1.29, 1.82) is 5.26 Å². The lowest BCUT2D eigenvalue weighted by atomic mass is 9.68. The van der Waals surface area contributed by atoms with Crippen molar-refractivity contribution >= 4 is 29.0 Å². The number of nitriles is 1. The van der Waals surface area contributed by atoms with Gasteiger partial charge >= 0.3 is 0 Å². The minimum Gasteiger partial charge on any atom is -0.486 e. The van der Waals surface area contributed by atoms with Crippen molar-refractivity contribution in [1.82, 2.24) is 4.90 Å². The summed E-state index contributed by atoms with van der Waals surface area (Å²) in [5, 5.41) is 10.6. The summed E-state index contributed by atoms with van der Waals surface area (Å²) in [5.74, 6) is -0.536. The van der Waals surface area contributed by atoms with E-state index < -0.39 is 5.92 Å². The average Bonchev–Trinajstić information content (AvgIpc) is 2.82. The fourth-order valence-electron chi connectivity index (χ4n) is 4.97. The van der Waals surface area contributed by atoms with Crippen molar-refractivity contribution in [2.24, 2.45) is 11.1 Å². The molecule has 9 heteroatoms. The van der Waals surface area contributed by atoms with E-state index in [2.05, 4.69) is 6.07 Å². The molecular weight excluding hydrogens is 516 g/mol. The van der Waals surface area contributed by atoms with Gasteiger partial charge in [0.1, 0.15) is 18.2 Å². The zero-order valence-electron chi connectivity index (χ0n) is 20.9. The molecule has 2 aromatic carbocycles. The Kier molecular flexibility index (Phi) is 7.84. The van der Waals surface area contributed by atoms with Crippen molar-refractivity contribution in [3.63, 3.8) is 0 Å².